The van der Waals surface area contributed by atoms with Gasteiger partial charge in [-0.3, -0.25) is 10.1 Å². The van der Waals surface area contributed by atoms with Gasteiger partial charge in [-0.05, 0) is 17.5 Å². The zero-order chi connectivity index (χ0) is 15.5. The van der Waals surface area contributed by atoms with Gasteiger partial charge < -0.3 is 9.55 Å². The molecule has 0 spiro atoms. The number of carbonyl (C=O) groups is 1. The third-order valence-electron chi connectivity index (χ3n) is 3.55. The summed E-state index contributed by atoms with van der Waals surface area (Å²) in [5.41, 5.74) is 2.04. The number of carbonyl (C=O) groups excluding carboxylic acids is 1. The minimum atomic E-state index is -0.0547. The average molecular weight is 296 g/mol. The van der Waals surface area contributed by atoms with Crippen LogP contribution in [0.2, 0.25) is 0 Å². The predicted molar refractivity (Wildman–Crippen MR) is 87.7 cm³/mol. The summed E-state index contributed by atoms with van der Waals surface area (Å²) >= 11 is 0. The Balaban J connectivity index is 1.72. The lowest BCUT2D eigenvalue weighted by Crippen LogP contribution is -2.18. The van der Waals surface area contributed by atoms with Crippen molar-refractivity contribution in [2.45, 2.75) is 26.8 Å². The molecule has 0 bridgehead atoms. The van der Waals surface area contributed by atoms with Crippen LogP contribution in [-0.4, -0.2) is 20.4 Å². The fourth-order valence-corrected chi connectivity index (χ4v) is 2.59. The number of aromatic nitrogens is 3. The summed E-state index contributed by atoms with van der Waals surface area (Å²) in [5, 5.41) is 3.98. The Bertz CT molecular complexity index is 785. The number of fused-ring (bicyclic) bond motifs is 1. The van der Waals surface area contributed by atoms with Crippen molar-refractivity contribution in [3.8, 4) is 0 Å². The molecule has 22 heavy (non-hydrogen) atoms. The van der Waals surface area contributed by atoms with E-state index in [1.165, 1.54) is 0 Å². The molecule has 0 saturated carbocycles. The van der Waals surface area contributed by atoms with Crippen molar-refractivity contribution in [1.29, 1.82) is 0 Å². The van der Waals surface area contributed by atoms with Crippen LogP contribution in [0.3, 0.4) is 0 Å². The molecule has 0 unspecified atom stereocenters. The van der Waals surface area contributed by atoms with Crippen LogP contribution >= 0.6 is 0 Å². The number of aromatic amines is 1. The van der Waals surface area contributed by atoms with E-state index in [1.54, 1.807) is 6.20 Å². The first-order valence-corrected chi connectivity index (χ1v) is 7.49. The summed E-state index contributed by atoms with van der Waals surface area (Å²) in [5.74, 6) is 1.05. The maximum absolute atomic E-state index is 12.3. The van der Waals surface area contributed by atoms with Crippen LogP contribution in [0.15, 0.2) is 42.9 Å². The number of nitrogens with zero attached hydrogens (tertiary/aromatic N) is 2. The van der Waals surface area contributed by atoms with Crippen LogP contribution in [0, 0.1) is 5.92 Å². The second kappa shape index (κ2) is 6.05. The molecular formula is C17H20N4O. The number of H-pyrrole nitrogens is 1. The second-order valence-electron chi connectivity index (χ2n) is 5.88. The third-order valence-corrected chi connectivity index (χ3v) is 3.55. The van der Waals surface area contributed by atoms with Gasteiger partial charge in [-0.15, -0.1) is 0 Å². The smallest absolute Gasteiger partial charge is 0.231 e. The molecule has 114 valence electrons. The molecule has 0 aliphatic carbocycles. The van der Waals surface area contributed by atoms with E-state index in [2.05, 4.69) is 29.1 Å². The largest absolute Gasteiger partial charge is 0.361 e. The third kappa shape index (κ3) is 3.03. The minimum absolute atomic E-state index is 0.0547. The first-order chi connectivity index (χ1) is 10.6. The molecular weight excluding hydrogens is 276 g/mol. The van der Waals surface area contributed by atoms with E-state index in [-0.39, 0.29) is 5.91 Å². The van der Waals surface area contributed by atoms with E-state index in [1.807, 2.05) is 41.2 Å². The van der Waals surface area contributed by atoms with Gasteiger partial charge in [0, 0.05) is 36.0 Å². The molecule has 0 saturated heterocycles. The van der Waals surface area contributed by atoms with Crippen molar-refractivity contribution in [1.82, 2.24) is 14.5 Å². The Morgan fingerprint density at radius 1 is 1.36 bits per heavy atom. The number of amides is 1. The van der Waals surface area contributed by atoms with Crippen LogP contribution in [-0.2, 0) is 17.8 Å². The average Bonchev–Trinajstić information content (AvgIpc) is 3.07. The Kier molecular flexibility index (Phi) is 3.96. The molecule has 0 atom stereocenters. The topological polar surface area (TPSA) is 62.7 Å². The molecule has 2 heterocycles. The molecule has 3 rings (SSSR count). The minimum Gasteiger partial charge on any atom is -0.361 e. The quantitative estimate of drug-likeness (QED) is 0.759. The lowest BCUT2D eigenvalue weighted by Gasteiger charge is -2.10. The van der Waals surface area contributed by atoms with Gasteiger partial charge in [0.1, 0.15) is 0 Å². The predicted octanol–water partition coefficient (Wildman–Crippen LogP) is 3.20. The number of nitrogens with one attached hydrogen (secondary N) is 2. The summed E-state index contributed by atoms with van der Waals surface area (Å²) < 4.78 is 1.97. The van der Waals surface area contributed by atoms with Crippen LogP contribution in [0.25, 0.3) is 10.9 Å². The molecule has 1 amide bonds. The van der Waals surface area contributed by atoms with Crippen LogP contribution < -0.4 is 5.32 Å². The number of rotatable bonds is 5. The van der Waals surface area contributed by atoms with Crippen molar-refractivity contribution < 1.29 is 4.79 Å². The van der Waals surface area contributed by atoms with Crippen molar-refractivity contribution >= 4 is 22.8 Å². The number of anilines is 1. The van der Waals surface area contributed by atoms with E-state index in [9.17, 15) is 4.79 Å². The summed E-state index contributed by atoms with van der Waals surface area (Å²) in [6.07, 6.45) is 5.83. The summed E-state index contributed by atoms with van der Waals surface area (Å²) in [4.78, 5) is 19.7. The van der Waals surface area contributed by atoms with E-state index < -0.39 is 0 Å². The van der Waals surface area contributed by atoms with Crippen molar-refractivity contribution in [3.63, 3.8) is 0 Å². The van der Waals surface area contributed by atoms with Crippen molar-refractivity contribution in [2.24, 2.45) is 5.92 Å². The van der Waals surface area contributed by atoms with Gasteiger partial charge in [0.05, 0.1) is 6.42 Å². The van der Waals surface area contributed by atoms with Crippen molar-refractivity contribution in [3.05, 3.63) is 48.4 Å². The maximum atomic E-state index is 12.3. The molecule has 2 aromatic heterocycles. The molecule has 1 aromatic carbocycles. The van der Waals surface area contributed by atoms with Crippen LogP contribution in [0.1, 0.15) is 19.4 Å². The highest BCUT2D eigenvalue weighted by Gasteiger charge is 2.12. The first kappa shape index (κ1) is 14.4. The molecule has 0 fully saturated rings. The highest BCUT2D eigenvalue weighted by Crippen LogP contribution is 2.18. The van der Waals surface area contributed by atoms with Gasteiger partial charge >= 0.3 is 0 Å². The van der Waals surface area contributed by atoms with Crippen LogP contribution in [0.5, 0.6) is 0 Å². The number of hydrogen-bond donors (Lipinski definition) is 2. The molecule has 2 N–H and O–H groups in total. The van der Waals surface area contributed by atoms with E-state index in [0.717, 1.165) is 23.0 Å². The standard InChI is InChI=1S/C17H20N4O/c1-12(2)11-21-8-7-18-17(21)20-16(22)9-13-10-19-15-6-4-3-5-14(13)15/h3-8,10,12,19H,9,11H2,1-2H3,(H,18,20,22). The van der Waals surface area contributed by atoms with Gasteiger partial charge in [-0.2, -0.15) is 0 Å². The Morgan fingerprint density at radius 3 is 3.00 bits per heavy atom. The molecule has 0 aliphatic rings. The van der Waals surface area contributed by atoms with Gasteiger partial charge in [0.2, 0.25) is 11.9 Å². The maximum Gasteiger partial charge on any atom is 0.231 e. The SMILES string of the molecule is CC(C)Cn1ccnc1NC(=O)Cc1c[nH]c2ccccc12. The van der Waals surface area contributed by atoms with Gasteiger partial charge in [0.25, 0.3) is 0 Å². The molecule has 0 aliphatic heterocycles. The summed E-state index contributed by atoms with van der Waals surface area (Å²) in [7, 11) is 0. The Morgan fingerprint density at radius 2 is 2.18 bits per heavy atom. The second-order valence-corrected chi connectivity index (χ2v) is 5.88. The number of para-hydroxylation sites is 1. The number of benzene rings is 1. The zero-order valence-corrected chi connectivity index (χ0v) is 12.8. The Hall–Kier alpha value is -2.56. The monoisotopic (exact) mass is 296 g/mol. The molecule has 0 radical (unpaired) electrons. The van der Waals surface area contributed by atoms with E-state index >= 15 is 0 Å². The fourth-order valence-electron chi connectivity index (χ4n) is 2.59. The van der Waals surface area contributed by atoms with Crippen molar-refractivity contribution in [2.75, 3.05) is 5.32 Å². The van der Waals surface area contributed by atoms with Gasteiger partial charge in [0.15, 0.2) is 0 Å². The van der Waals surface area contributed by atoms with Crippen LogP contribution in [0.4, 0.5) is 5.95 Å². The first-order valence-electron chi connectivity index (χ1n) is 7.49. The highest BCUT2D eigenvalue weighted by atomic mass is 16.1. The zero-order valence-electron chi connectivity index (χ0n) is 12.8. The highest BCUT2D eigenvalue weighted by molar-refractivity contribution is 5.94. The molecule has 5 heteroatoms. The summed E-state index contributed by atoms with van der Waals surface area (Å²) in [6, 6.07) is 7.98. The summed E-state index contributed by atoms with van der Waals surface area (Å²) in [6.45, 7) is 5.11. The fraction of sp³-hybridized carbons (Fsp3) is 0.294. The molecule has 3 aromatic rings. The van der Waals surface area contributed by atoms with E-state index in [4.69, 9.17) is 0 Å². The normalized spacial score (nSPS) is 11.2. The van der Waals surface area contributed by atoms with Gasteiger partial charge in [-0.25, -0.2) is 4.98 Å². The Labute approximate surface area is 129 Å². The number of hydrogen-bond acceptors (Lipinski definition) is 2. The lowest BCUT2D eigenvalue weighted by molar-refractivity contribution is -0.115. The number of imidazole rings is 1. The lowest BCUT2D eigenvalue weighted by atomic mass is 10.1. The van der Waals surface area contributed by atoms with Gasteiger partial charge in [-0.1, -0.05) is 32.0 Å². The molecule has 5 nitrogen and oxygen atoms in total. The van der Waals surface area contributed by atoms with E-state index in [0.29, 0.717) is 18.3 Å².